The minimum atomic E-state index is -1.81. The normalized spacial score (nSPS) is 43.4. The Morgan fingerprint density at radius 3 is 1.36 bits per heavy atom. The van der Waals surface area contributed by atoms with Gasteiger partial charge < -0.3 is 19.7 Å². The zero-order valence-electron chi connectivity index (χ0n) is 11.8. The highest BCUT2D eigenvalue weighted by Gasteiger charge is 2.90. The van der Waals surface area contributed by atoms with Gasteiger partial charge in [-0.25, -0.2) is 0 Å². The molecule has 0 aliphatic heterocycles. The number of rotatable bonds is 4. The molecule has 0 aromatic heterocycles. The molecule has 3 aliphatic carbocycles. The largest absolute Gasteiger partial charge is 0.480 e. The lowest BCUT2D eigenvalue weighted by atomic mass is 9.95. The highest BCUT2D eigenvalue weighted by molar-refractivity contribution is 6.08. The standard InChI is InChI=1S/C14H14O8/c1-21-11(19)13(9(15)16)5-3-4-6-8(7(5)13)14(6,10(17)18)12(20)22-2/h3-8H,1-2H3,(H,15,16)(H,17,18)/t5-,6-,7-,8-,13-,14-/m0/s1. The second-order valence-electron chi connectivity index (χ2n) is 5.82. The van der Waals surface area contributed by atoms with Crippen LogP contribution in [0.3, 0.4) is 0 Å². The number of hydrogen-bond acceptors (Lipinski definition) is 6. The van der Waals surface area contributed by atoms with E-state index in [1.807, 2.05) is 0 Å². The molecule has 0 aromatic carbocycles. The number of hydrogen-bond donors (Lipinski definition) is 2. The molecule has 0 unspecified atom stereocenters. The maximum atomic E-state index is 12.0. The van der Waals surface area contributed by atoms with Crippen LogP contribution in [0.5, 0.6) is 0 Å². The summed E-state index contributed by atoms with van der Waals surface area (Å²) in [6.45, 7) is 0. The lowest BCUT2D eigenvalue weighted by molar-refractivity contribution is -0.164. The van der Waals surface area contributed by atoms with Gasteiger partial charge >= 0.3 is 23.9 Å². The second kappa shape index (κ2) is 4.08. The molecule has 8 nitrogen and oxygen atoms in total. The molecule has 2 saturated carbocycles. The van der Waals surface area contributed by atoms with Crippen molar-refractivity contribution in [2.45, 2.75) is 0 Å². The van der Waals surface area contributed by atoms with Crippen molar-refractivity contribution in [2.75, 3.05) is 14.2 Å². The summed E-state index contributed by atoms with van der Waals surface area (Å²) < 4.78 is 9.19. The van der Waals surface area contributed by atoms with Crippen LogP contribution in [0.2, 0.25) is 0 Å². The van der Waals surface area contributed by atoms with Gasteiger partial charge in [0.25, 0.3) is 0 Å². The highest BCUT2D eigenvalue weighted by Crippen LogP contribution is 2.79. The number of aliphatic carboxylic acids is 2. The predicted octanol–water partition coefficient (Wildman–Crippen LogP) is -0.464. The van der Waals surface area contributed by atoms with Crippen LogP contribution in [0.1, 0.15) is 0 Å². The van der Waals surface area contributed by atoms with E-state index in [-0.39, 0.29) is 0 Å². The summed E-state index contributed by atoms with van der Waals surface area (Å²) in [5, 5.41) is 19.0. The third-order valence-corrected chi connectivity index (χ3v) is 5.33. The molecule has 0 bridgehead atoms. The zero-order chi connectivity index (χ0) is 16.4. The van der Waals surface area contributed by atoms with Gasteiger partial charge in [-0.2, -0.15) is 0 Å². The van der Waals surface area contributed by atoms with Crippen LogP contribution in [-0.2, 0) is 28.7 Å². The summed E-state index contributed by atoms with van der Waals surface area (Å²) in [7, 11) is 2.16. The Morgan fingerprint density at radius 1 is 0.818 bits per heavy atom. The van der Waals surface area contributed by atoms with Gasteiger partial charge in [-0.05, 0) is 11.8 Å². The fraction of sp³-hybridized carbons (Fsp3) is 0.571. The summed E-state index contributed by atoms with van der Waals surface area (Å²) >= 11 is 0. The lowest BCUT2D eigenvalue weighted by Gasteiger charge is -2.12. The minimum absolute atomic E-state index is 0.662. The van der Waals surface area contributed by atoms with Crippen molar-refractivity contribution in [3.63, 3.8) is 0 Å². The first-order valence-electron chi connectivity index (χ1n) is 6.64. The molecule has 118 valence electrons. The summed E-state index contributed by atoms with van der Waals surface area (Å²) in [6.07, 6.45) is 3.01. The highest BCUT2D eigenvalue weighted by atomic mass is 16.5. The minimum Gasteiger partial charge on any atom is -0.480 e. The Morgan fingerprint density at radius 2 is 1.14 bits per heavy atom. The number of carboxylic acid groups (broad SMARTS) is 2. The Hall–Kier alpha value is -2.38. The van der Waals surface area contributed by atoms with E-state index in [0.717, 1.165) is 14.2 Å². The third kappa shape index (κ3) is 1.24. The summed E-state index contributed by atoms with van der Waals surface area (Å²) in [5.41, 5.74) is -3.62. The smallest absolute Gasteiger partial charge is 0.324 e. The van der Waals surface area contributed by atoms with Crippen LogP contribution in [0, 0.1) is 34.5 Å². The number of carboxylic acids is 2. The molecular weight excluding hydrogens is 296 g/mol. The maximum absolute atomic E-state index is 12.0. The van der Waals surface area contributed by atoms with Gasteiger partial charge in [0.1, 0.15) is 0 Å². The van der Waals surface area contributed by atoms with Crippen LogP contribution < -0.4 is 0 Å². The maximum Gasteiger partial charge on any atom is 0.324 e. The van der Waals surface area contributed by atoms with E-state index in [0.29, 0.717) is 0 Å². The molecule has 3 rings (SSSR count). The van der Waals surface area contributed by atoms with Crippen molar-refractivity contribution in [3.05, 3.63) is 12.2 Å². The van der Waals surface area contributed by atoms with Crippen LogP contribution in [0.25, 0.3) is 0 Å². The molecule has 3 aliphatic rings. The van der Waals surface area contributed by atoms with Crippen molar-refractivity contribution < 1.29 is 38.9 Å². The fourth-order valence-corrected chi connectivity index (χ4v) is 4.31. The van der Waals surface area contributed by atoms with Gasteiger partial charge in [-0.1, -0.05) is 12.2 Å². The lowest BCUT2D eigenvalue weighted by Crippen LogP contribution is -2.34. The molecule has 0 heterocycles. The number of ether oxygens (including phenoxy) is 2. The summed E-state index contributed by atoms with van der Waals surface area (Å²) in [5.74, 6) is -7.45. The van der Waals surface area contributed by atoms with E-state index in [1.54, 1.807) is 0 Å². The number of carbonyl (C=O) groups is 4. The van der Waals surface area contributed by atoms with Crippen LogP contribution in [0.15, 0.2) is 12.2 Å². The van der Waals surface area contributed by atoms with Gasteiger partial charge in [-0.15, -0.1) is 0 Å². The van der Waals surface area contributed by atoms with Gasteiger partial charge in [-0.3, -0.25) is 19.2 Å². The SMILES string of the molecule is COC(=O)[C@]1(C(=O)O)[C@@H]2[C@@H]3[C@H](C=C[C@@H]21)[C@]3(C(=O)O)C(=O)OC. The van der Waals surface area contributed by atoms with Crippen molar-refractivity contribution in [2.24, 2.45) is 34.5 Å². The zero-order valence-corrected chi connectivity index (χ0v) is 11.8. The summed E-state index contributed by atoms with van der Waals surface area (Å²) in [4.78, 5) is 47.2. The van der Waals surface area contributed by atoms with E-state index >= 15 is 0 Å². The second-order valence-corrected chi connectivity index (χ2v) is 5.82. The average molecular weight is 310 g/mol. The molecule has 22 heavy (non-hydrogen) atoms. The number of esters is 2. The van der Waals surface area contributed by atoms with Crippen molar-refractivity contribution >= 4 is 23.9 Å². The fourth-order valence-electron chi connectivity index (χ4n) is 4.31. The molecule has 0 spiro atoms. The van der Waals surface area contributed by atoms with E-state index in [4.69, 9.17) is 0 Å². The number of methoxy groups -OCH3 is 2. The quantitative estimate of drug-likeness (QED) is 0.405. The summed E-state index contributed by atoms with van der Waals surface area (Å²) in [6, 6.07) is 0. The van der Waals surface area contributed by atoms with E-state index in [9.17, 15) is 29.4 Å². The first-order chi connectivity index (χ1) is 10.3. The molecule has 0 saturated heterocycles. The van der Waals surface area contributed by atoms with E-state index in [1.165, 1.54) is 12.2 Å². The molecule has 0 aromatic rings. The monoisotopic (exact) mass is 310 g/mol. The number of fused-ring (bicyclic) bond motifs is 3. The van der Waals surface area contributed by atoms with Crippen LogP contribution in [0.4, 0.5) is 0 Å². The van der Waals surface area contributed by atoms with Gasteiger partial charge in [0.05, 0.1) is 14.2 Å². The van der Waals surface area contributed by atoms with E-state index in [2.05, 4.69) is 9.47 Å². The van der Waals surface area contributed by atoms with Crippen molar-refractivity contribution in [3.8, 4) is 0 Å². The molecular formula is C14H14O8. The number of carbonyl (C=O) groups excluding carboxylic acids is 2. The van der Waals surface area contributed by atoms with E-state index < -0.39 is 58.4 Å². The average Bonchev–Trinajstić information content (AvgIpc) is 3.34. The predicted molar refractivity (Wildman–Crippen MR) is 67.3 cm³/mol. The Labute approximate surface area is 124 Å². The first kappa shape index (κ1) is 14.6. The Balaban J connectivity index is 2.05. The van der Waals surface area contributed by atoms with Crippen molar-refractivity contribution in [1.82, 2.24) is 0 Å². The molecule has 2 N–H and O–H groups in total. The van der Waals surface area contributed by atoms with Gasteiger partial charge in [0.15, 0.2) is 10.8 Å². The molecule has 0 amide bonds. The van der Waals surface area contributed by atoms with Crippen LogP contribution >= 0.6 is 0 Å². The molecule has 6 atom stereocenters. The molecule has 2 fully saturated rings. The topological polar surface area (TPSA) is 127 Å². The Kier molecular flexibility index (Phi) is 2.70. The van der Waals surface area contributed by atoms with Crippen molar-refractivity contribution in [1.29, 1.82) is 0 Å². The first-order valence-corrected chi connectivity index (χ1v) is 6.64. The molecule has 8 heteroatoms. The van der Waals surface area contributed by atoms with Gasteiger partial charge in [0, 0.05) is 11.8 Å². The third-order valence-electron chi connectivity index (χ3n) is 5.33. The van der Waals surface area contributed by atoms with Crippen LogP contribution in [-0.4, -0.2) is 48.3 Å². The molecule has 0 radical (unpaired) electrons. The Bertz CT molecular complexity index is 583. The van der Waals surface area contributed by atoms with Gasteiger partial charge in [0.2, 0.25) is 0 Å². The number of allylic oxidation sites excluding steroid dienone is 2.